The number of primary amides is 1. The third-order valence-electron chi connectivity index (χ3n) is 4.17. The third-order valence-corrected chi connectivity index (χ3v) is 5.17. The summed E-state index contributed by atoms with van der Waals surface area (Å²) in [6, 6.07) is 9.57. The second-order valence-electron chi connectivity index (χ2n) is 6.41. The van der Waals surface area contributed by atoms with Crippen LogP contribution in [-0.2, 0) is 11.3 Å². The first-order valence-electron chi connectivity index (χ1n) is 8.19. The number of carbonyl (C=O) groups excluding carboxylic acids is 1. The van der Waals surface area contributed by atoms with E-state index in [4.69, 9.17) is 10.2 Å². The maximum Gasteiger partial charge on any atom is 0.363 e. The van der Waals surface area contributed by atoms with Gasteiger partial charge in [-0.2, -0.15) is 8.10 Å². The highest BCUT2D eigenvalue weighted by Crippen LogP contribution is 2.32. The summed E-state index contributed by atoms with van der Waals surface area (Å²) in [5.74, 6) is -3.40. The molecule has 1 amide bonds. The third kappa shape index (κ3) is 4.01. The largest absolute Gasteiger partial charge is 0.419 e. The number of amides is 1. The highest BCUT2D eigenvalue weighted by atomic mass is 32.2. The lowest BCUT2D eigenvalue weighted by molar-refractivity contribution is 0.0996. The van der Waals surface area contributed by atoms with Crippen molar-refractivity contribution < 1.29 is 26.8 Å². The van der Waals surface area contributed by atoms with E-state index in [-0.39, 0.29) is 15.5 Å². The zero-order valence-electron chi connectivity index (χ0n) is 15.3. The Morgan fingerprint density at radius 2 is 1.76 bits per heavy atom. The predicted octanol–water partition coefficient (Wildman–Crippen LogP) is 3.17. The highest BCUT2D eigenvalue weighted by molar-refractivity contribution is 7.78. The van der Waals surface area contributed by atoms with Gasteiger partial charge in [0, 0.05) is 17.8 Å². The minimum atomic E-state index is -2.15. The molecule has 4 N–H and O–H groups in total. The van der Waals surface area contributed by atoms with Crippen LogP contribution in [0, 0.1) is 11.6 Å². The Hall–Kier alpha value is -3.15. The maximum absolute atomic E-state index is 14.0. The average molecular weight is 423 g/mol. The molecular formula is C18H17F2N4O4S+. The predicted molar refractivity (Wildman–Crippen MR) is 105 cm³/mol. The van der Waals surface area contributed by atoms with E-state index in [1.807, 2.05) is 0 Å². The van der Waals surface area contributed by atoms with Crippen LogP contribution >= 0.6 is 0 Å². The Kier molecular flexibility index (Phi) is 5.46. The molecule has 29 heavy (non-hydrogen) atoms. The summed E-state index contributed by atoms with van der Waals surface area (Å²) in [5.41, 5.74) is 5.41. The molecule has 3 aromatic rings. The fourth-order valence-electron chi connectivity index (χ4n) is 2.51. The molecular weight excluding hydrogens is 406 g/mol. The summed E-state index contributed by atoms with van der Waals surface area (Å²) in [4.78, 5) is 15.5. The van der Waals surface area contributed by atoms with Crippen LogP contribution in [0.5, 0.6) is 0 Å². The van der Waals surface area contributed by atoms with E-state index in [1.54, 1.807) is 38.4 Å². The summed E-state index contributed by atoms with van der Waals surface area (Å²) in [6.07, 6.45) is 0. The number of hydrogen-bond acceptors (Lipinski definition) is 5. The molecule has 0 saturated carbocycles. The second kappa shape index (κ2) is 7.70. The zero-order chi connectivity index (χ0) is 21.3. The molecule has 0 radical (unpaired) electrons. The summed E-state index contributed by atoms with van der Waals surface area (Å²) in [6.45, 7) is 0. The van der Waals surface area contributed by atoms with E-state index in [2.05, 4.69) is 10.3 Å². The number of benzene rings is 2. The normalized spacial score (nSPS) is 12.6. The number of rotatable bonds is 6. The first-order valence-corrected chi connectivity index (χ1v) is 9.26. The monoisotopic (exact) mass is 423 g/mol. The standard InChI is InChI=1S/C18H16F2N4O4S/c1-24(2,29(26)27)11-8-6-10(7-9-11)22-18-15(16(21)25)23-17(28-18)14-12(19)4-3-5-13(14)20/h3-9H,1-2H3,(H3-,21,22,25,26,27)/p+1. The minimum Gasteiger partial charge on any atom is -0.419 e. The topological polar surface area (TPSA) is 118 Å². The van der Waals surface area contributed by atoms with Gasteiger partial charge in [-0.3, -0.25) is 9.35 Å². The number of aromatic nitrogens is 1. The van der Waals surface area contributed by atoms with Crippen LogP contribution in [-0.4, -0.2) is 33.7 Å². The number of nitrogens with one attached hydrogen (secondary N) is 1. The van der Waals surface area contributed by atoms with Gasteiger partial charge in [0.2, 0.25) is 11.8 Å². The number of oxazole rings is 1. The maximum atomic E-state index is 14.0. The summed E-state index contributed by atoms with van der Waals surface area (Å²) >= 11 is -2.15. The molecule has 0 aliphatic carbocycles. The van der Waals surface area contributed by atoms with Crippen LogP contribution in [0.25, 0.3) is 11.5 Å². The Bertz CT molecular complexity index is 1080. The van der Waals surface area contributed by atoms with Gasteiger partial charge >= 0.3 is 11.3 Å². The average Bonchev–Trinajstić information content (AvgIpc) is 3.05. The molecule has 2 aromatic carbocycles. The smallest absolute Gasteiger partial charge is 0.363 e. The number of carbonyl (C=O) groups is 1. The molecule has 0 aliphatic rings. The fraction of sp³-hybridized carbons (Fsp3) is 0.111. The van der Waals surface area contributed by atoms with Crippen LogP contribution in [0.1, 0.15) is 10.5 Å². The van der Waals surface area contributed by atoms with Crippen LogP contribution in [0.3, 0.4) is 0 Å². The molecule has 0 aliphatic heterocycles. The molecule has 152 valence electrons. The van der Waals surface area contributed by atoms with Crippen LogP contribution < -0.4 is 14.9 Å². The van der Waals surface area contributed by atoms with E-state index in [9.17, 15) is 22.3 Å². The Balaban J connectivity index is 1.96. The van der Waals surface area contributed by atoms with Crippen LogP contribution in [0.15, 0.2) is 46.9 Å². The molecule has 1 atom stereocenters. The summed E-state index contributed by atoms with van der Waals surface area (Å²) in [7, 11) is 3.10. The van der Waals surface area contributed by atoms with Gasteiger partial charge in [0.25, 0.3) is 5.91 Å². The Morgan fingerprint density at radius 3 is 2.28 bits per heavy atom. The van der Waals surface area contributed by atoms with E-state index < -0.39 is 40.3 Å². The summed E-state index contributed by atoms with van der Waals surface area (Å²) < 4.78 is 53.9. The van der Waals surface area contributed by atoms with E-state index in [0.29, 0.717) is 11.4 Å². The van der Waals surface area contributed by atoms with Crippen molar-refractivity contribution in [1.82, 2.24) is 8.87 Å². The number of nitrogens with two attached hydrogens (primary N) is 1. The Morgan fingerprint density at radius 1 is 1.17 bits per heavy atom. The SMILES string of the molecule is C[N+](C)(c1ccc(Nc2oc(-c3c(F)cccc3F)nc2C(N)=O)cc1)S(=O)O. The minimum absolute atomic E-state index is 0.192. The van der Waals surface area contributed by atoms with E-state index in [1.165, 1.54) is 6.07 Å². The molecule has 0 fully saturated rings. The summed E-state index contributed by atoms with van der Waals surface area (Å²) in [5, 5.41) is 2.77. The molecule has 0 spiro atoms. The van der Waals surface area contributed by atoms with Gasteiger partial charge in [0.1, 0.15) is 22.9 Å². The van der Waals surface area contributed by atoms with Crippen LogP contribution in [0.2, 0.25) is 0 Å². The van der Waals surface area contributed by atoms with Gasteiger partial charge in [0.05, 0.1) is 14.1 Å². The van der Waals surface area contributed by atoms with Crippen molar-refractivity contribution in [1.29, 1.82) is 0 Å². The second-order valence-corrected chi connectivity index (χ2v) is 7.79. The van der Waals surface area contributed by atoms with Crippen molar-refractivity contribution in [3.63, 3.8) is 0 Å². The van der Waals surface area contributed by atoms with E-state index in [0.717, 1.165) is 12.1 Å². The number of halogens is 2. The van der Waals surface area contributed by atoms with Gasteiger partial charge in [0.15, 0.2) is 5.69 Å². The number of hydrogen-bond donors (Lipinski definition) is 3. The molecule has 0 saturated heterocycles. The van der Waals surface area contributed by atoms with Crippen molar-refractivity contribution in [3.05, 3.63) is 59.8 Å². The van der Waals surface area contributed by atoms with Gasteiger partial charge in [-0.1, -0.05) is 6.07 Å². The number of quaternary nitrogens is 1. The van der Waals surface area contributed by atoms with Crippen molar-refractivity contribution in [2.24, 2.45) is 5.73 Å². The van der Waals surface area contributed by atoms with Crippen molar-refractivity contribution >= 4 is 34.4 Å². The Labute approximate surface area is 167 Å². The van der Waals surface area contributed by atoms with E-state index >= 15 is 0 Å². The first-order chi connectivity index (χ1) is 13.6. The molecule has 1 unspecified atom stereocenters. The van der Waals surface area contributed by atoms with Crippen molar-refractivity contribution in [3.8, 4) is 11.5 Å². The quantitative estimate of drug-likeness (QED) is 0.414. The molecule has 3 rings (SSSR count). The fourth-order valence-corrected chi connectivity index (χ4v) is 2.81. The molecule has 1 aromatic heterocycles. The zero-order valence-corrected chi connectivity index (χ0v) is 16.2. The lowest BCUT2D eigenvalue weighted by Gasteiger charge is -2.22. The van der Waals surface area contributed by atoms with Gasteiger partial charge < -0.3 is 15.5 Å². The molecule has 0 bridgehead atoms. The first kappa shape index (κ1) is 20.6. The van der Waals surface area contributed by atoms with Crippen molar-refractivity contribution in [2.75, 3.05) is 19.4 Å². The number of anilines is 2. The number of nitrogens with zero attached hydrogens (tertiary/aromatic N) is 2. The molecule has 11 heteroatoms. The van der Waals surface area contributed by atoms with Gasteiger partial charge in [-0.25, -0.2) is 13.8 Å². The lowest BCUT2D eigenvalue weighted by atomic mass is 10.2. The highest BCUT2D eigenvalue weighted by Gasteiger charge is 2.27. The van der Waals surface area contributed by atoms with Crippen molar-refractivity contribution in [2.45, 2.75) is 0 Å². The van der Waals surface area contributed by atoms with Gasteiger partial charge in [-0.05, 0) is 24.3 Å². The lowest BCUT2D eigenvalue weighted by Crippen LogP contribution is -2.41. The molecule has 8 nitrogen and oxygen atoms in total. The molecule has 1 heterocycles. The van der Waals surface area contributed by atoms with Gasteiger partial charge in [-0.15, -0.1) is 0 Å². The van der Waals surface area contributed by atoms with Crippen LogP contribution in [0.4, 0.5) is 26.0 Å².